The maximum absolute atomic E-state index is 10.8. The molecule has 0 unspecified atom stereocenters. The Morgan fingerprint density at radius 1 is 1.37 bits per heavy atom. The summed E-state index contributed by atoms with van der Waals surface area (Å²) in [6.07, 6.45) is 0. The van der Waals surface area contributed by atoms with Crippen LogP contribution in [0.4, 0.5) is 0 Å². The summed E-state index contributed by atoms with van der Waals surface area (Å²) in [6.45, 7) is 5.77. The molecular weight excluding hydrogens is 246 g/mol. The van der Waals surface area contributed by atoms with Crippen molar-refractivity contribution < 1.29 is 19.5 Å². The Bertz CT molecular complexity index is 628. The number of hydrogen-bond donors (Lipinski definition) is 2. The van der Waals surface area contributed by atoms with Crippen LogP contribution in [0.25, 0.3) is 11.3 Å². The normalized spacial score (nSPS) is 10.9. The summed E-state index contributed by atoms with van der Waals surface area (Å²) in [7, 11) is 0. The van der Waals surface area contributed by atoms with E-state index in [0.29, 0.717) is 11.3 Å². The molecule has 100 valence electrons. The van der Waals surface area contributed by atoms with Crippen LogP contribution in [0, 0.1) is 6.92 Å². The molecule has 0 atom stereocenters. The number of phenols is 1. The van der Waals surface area contributed by atoms with Gasteiger partial charge in [0.25, 0.3) is 0 Å². The summed E-state index contributed by atoms with van der Waals surface area (Å²) in [6, 6.07) is 5.05. The number of carbonyl (C=O) groups is 1. The van der Waals surface area contributed by atoms with E-state index in [1.165, 1.54) is 6.07 Å². The third-order valence-electron chi connectivity index (χ3n) is 3.02. The molecular formula is C14H15NO4. The largest absolute Gasteiger partial charge is 0.507 e. The second-order valence-corrected chi connectivity index (χ2v) is 4.73. The van der Waals surface area contributed by atoms with Gasteiger partial charge in [0.05, 0.1) is 0 Å². The number of carboxylic acids is 1. The zero-order valence-corrected chi connectivity index (χ0v) is 11.0. The molecule has 5 heteroatoms. The topological polar surface area (TPSA) is 83.6 Å². The summed E-state index contributed by atoms with van der Waals surface area (Å²) < 4.78 is 4.73. The molecule has 2 N–H and O–H groups in total. The van der Waals surface area contributed by atoms with Crippen LogP contribution in [0.3, 0.4) is 0 Å². The zero-order chi connectivity index (χ0) is 14.2. The van der Waals surface area contributed by atoms with Gasteiger partial charge in [-0.3, -0.25) is 0 Å². The van der Waals surface area contributed by atoms with E-state index in [2.05, 4.69) is 5.16 Å². The predicted octanol–water partition coefficient (Wildman–Crippen LogP) is 3.18. The number of hydrogen-bond acceptors (Lipinski definition) is 4. The van der Waals surface area contributed by atoms with Gasteiger partial charge in [-0.1, -0.05) is 31.1 Å². The number of aryl methyl sites for hydroxylation is 1. The standard InChI is InChI=1S/C14H15NO4/c1-7(2)9-5-4-8(3)12(13(9)16)10-6-11(14(17)18)19-15-10/h4-7,16H,1-3H3,(H,17,18). The minimum atomic E-state index is -1.18. The molecule has 1 aromatic heterocycles. The van der Waals surface area contributed by atoms with Crippen molar-refractivity contribution in [2.75, 3.05) is 0 Å². The Morgan fingerprint density at radius 2 is 2.05 bits per heavy atom. The minimum Gasteiger partial charge on any atom is -0.507 e. The van der Waals surface area contributed by atoms with Crippen molar-refractivity contribution in [1.82, 2.24) is 5.16 Å². The SMILES string of the molecule is Cc1ccc(C(C)C)c(O)c1-c1cc(C(=O)O)on1. The van der Waals surface area contributed by atoms with Crippen LogP contribution in [0.1, 0.15) is 41.4 Å². The van der Waals surface area contributed by atoms with Crippen molar-refractivity contribution in [3.05, 3.63) is 35.1 Å². The Hall–Kier alpha value is -2.30. The van der Waals surface area contributed by atoms with Crippen LogP contribution < -0.4 is 0 Å². The fourth-order valence-corrected chi connectivity index (χ4v) is 1.99. The number of aromatic nitrogens is 1. The molecule has 0 aliphatic carbocycles. The highest BCUT2D eigenvalue weighted by Crippen LogP contribution is 2.37. The number of nitrogens with zero attached hydrogens (tertiary/aromatic N) is 1. The fourth-order valence-electron chi connectivity index (χ4n) is 1.99. The van der Waals surface area contributed by atoms with Gasteiger partial charge in [-0.15, -0.1) is 0 Å². The molecule has 1 aromatic carbocycles. The van der Waals surface area contributed by atoms with Crippen LogP contribution in [0.15, 0.2) is 22.7 Å². The summed E-state index contributed by atoms with van der Waals surface area (Å²) >= 11 is 0. The van der Waals surface area contributed by atoms with Crippen molar-refractivity contribution in [3.63, 3.8) is 0 Å². The molecule has 0 saturated carbocycles. The monoisotopic (exact) mass is 261 g/mol. The van der Waals surface area contributed by atoms with Gasteiger partial charge in [-0.05, 0) is 24.0 Å². The smallest absolute Gasteiger partial charge is 0.374 e. The van der Waals surface area contributed by atoms with E-state index in [4.69, 9.17) is 9.63 Å². The number of aromatic hydroxyl groups is 1. The van der Waals surface area contributed by atoms with E-state index in [0.717, 1.165) is 11.1 Å². The van der Waals surface area contributed by atoms with Gasteiger partial charge < -0.3 is 14.7 Å². The molecule has 1 heterocycles. The molecule has 0 fully saturated rings. The number of aromatic carboxylic acids is 1. The number of phenolic OH excluding ortho intramolecular Hbond substituents is 1. The van der Waals surface area contributed by atoms with Gasteiger partial charge in [-0.2, -0.15) is 0 Å². The van der Waals surface area contributed by atoms with E-state index in [-0.39, 0.29) is 17.4 Å². The first-order chi connectivity index (χ1) is 8.91. The first-order valence-corrected chi connectivity index (χ1v) is 5.94. The molecule has 0 spiro atoms. The average Bonchev–Trinajstić information content (AvgIpc) is 2.78. The average molecular weight is 261 g/mol. The highest BCUT2D eigenvalue weighted by atomic mass is 16.5. The van der Waals surface area contributed by atoms with Crippen LogP contribution in [0.5, 0.6) is 5.75 Å². The van der Waals surface area contributed by atoms with Crippen LogP contribution in [-0.4, -0.2) is 21.3 Å². The van der Waals surface area contributed by atoms with E-state index in [1.54, 1.807) is 0 Å². The maximum Gasteiger partial charge on any atom is 0.374 e. The lowest BCUT2D eigenvalue weighted by Crippen LogP contribution is -1.94. The van der Waals surface area contributed by atoms with Gasteiger partial charge >= 0.3 is 5.97 Å². The van der Waals surface area contributed by atoms with E-state index in [9.17, 15) is 9.90 Å². The second kappa shape index (κ2) is 4.76. The number of benzene rings is 1. The lowest BCUT2D eigenvalue weighted by atomic mass is 9.94. The molecule has 2 rings (SSSR count). The first kappa shape index (κ1) is 13.1. The Balaban J connectivity index is 2.60. The van der Waals surface area contributed by atoms with Crippen LogP contribution in [0.2, 0.25) is 0 Å². The Morgan fingerprint density at radius 3 is 2.58 bits per heavy atom. The van der Waals surface area contributed by atoms with Crippen molar-refractivity contribution >= 4 is 5.97 Å². The molecule has 2 aromatic rings. The zero-order valence-electron chi connectivity index (χ0n) is 11.0. The van der Waals surface area contributed by atoms with Crippen LogP contribution >= 0.6 is 0 Å². The van der Waals surface area contributed by atoms with Crippen molar-refractivity contribution in [2.45, 2.75) is 26.7 Å². The number of rotatable bonds is 3. The molecule has 5 nitrogen and oxygen atoms in total. The van der Waals surface area contributed by atoms with Gasteiger partial charge in [0.2, 0.25) is 5.76 Å². The Labute approximate surface area is 110 Å². The highest BCUT2D eigenvalue weighted by Gasteiger charge is 2.19. The first-order valence-electron chi connectivity index (χ1n) is 5.94. The molecule has 0 bridgehead atoms. The lowest BCUT2D eigenvalue weighted by Gasteiger charge is -2.13. The second-order valence-electron chi connectivity index (χ2n) is 4.73. The lowest BCUT2D eigenvalue weighted by molar-refractivity contribution is 0.0652. The van der Waals surface area contributed by atoms with E-state index < -0.39 is 5.97 Å². The van der Waals surface area contributed by atoms with Crippen molar-refractivity contribution in [1.29, 1.82) is 0 Å². The fraction of sp³-hybridized carbons (Fsp3) is 0.286. The molecule has 19 heavy (non-hydrogen) atoms. The quantitative estimate of drug-likeness (QED) is 0.886. The van der Waals surface area contributed by atoms with Gasteiger partial charge in [-0.25, -0.2) is 4.79 Å². The summed E-state index contributed by atoms with van der Waals surface area (Å²) in [5, 5.41) is 22.9. The van der Waals surface area contributed by atoms with Crippen LogP contribution in [-0.2, 0) is 0 Å². The summed E-state index contributed by atoms with van der Waals surface area (Å²) in [5.41, 5.74) is 2.45. The van der Waals surface area contributed by atoms with Gasteiger partial charge in [0.15, 0.2) is 0 Å². The molecule has 0 amide bonds. The van der Waals surface area contributed by atoms with Crippen molar-refractivity contribution in [3.8, 4) is 17.0 Å². The molecule has 0 saturated heterocycles. The molecule has 0 aliphatic heterocycles. The van der Waals surface area contributed by atoms with Gasteiger partial charge in [0.1, 0.15) is 11.4 Å². The third-order valence-corrected chi connectivity index (χ3v) is 3.02. The van der Waals surface area contributed by atoms with E-state index in [1.807, 2.05) is 32.9 Å². The number of carboxylic acid groups (broad SMARTS) is 1. The predicted molar refractivity (Wildman–Crippen MR) is 69.4 cm³/mol. The minimum absolute atomic E-state index is 0.125. The summed E-state index contributed by atoms with van der Waals surface area (Å²) in [5.74, 6) is -1.15. The van der Waals surface area contributed by atoms with E-state index >= 15 is 0 Å². The Kier molecular flexibility index (Phi) is 3.29. The maximum atomic E-state index is 10.8. The van der Waals surface area contributed by atoms with Crippen molar-refractivity contribution in [2.24, 2.45) is 0 Å². The molecule has 0 aliphatic rings. The van der Waals surface area contributed by atoms with Gasteiger partial charge in [0, 0.05) is 11.6 Å². The third kappa shape index (κ3) is 2.31. The summed E-state index contributed by atoms with van der Waals surface area (Å²) in [4.78, 5) is 10.8. The highest BCUT2D eigenvalue weighted by molar-refractivity contribution is 5.86. The molecule has 0 radical (unpaired) electrons.